The molecule has 0 radical (unpaired) electrons. The van der Waals surface area contributed by atoms with Crippen LogP contribution in [0.1, 0.15) is 47.1 Å². The molecule has 4 heteroatoms. The molecule has 1 rings (SSSR count). The Labute approximate surface area is 129 Å². The van der Waals surface area contributed by atoms with Gasteiger partial charge in [0.2, 0.25) is 5.91 Å². The van der Waals surface area contributed by atoms with Gasteiger partial charge >= 0.3 is 0 Å². The van der Waals surface area contributed by atoms with Gasteiger partial charge in [-0.05, 0) is 32.4 Å². The number of carbonyl (C=O) groups excluding carboxylic acids is 1. The Morgan fingerprint density at radius 3 is 2.10 bits per heavy atom. The second-order valence-corrected chi connectivity index (χ2v) is 6.27. The maximum Gasteiger partial charge on any atom is 0.228 e. The number of anilines is 1. The maximum absolute atomic E-state index is 12.4. The Kier molecular flexibility index (Phi) is 6.19. The van der Waals surface area contributed by atoms with E-state index in [1.165, 1.54) is 0 Å². The standard InChI is InChI=1S/C17H29N3O/c1-7-19(8-2)15-11-10-14(12-18-15)13-20(9-3)16(21)17(4,5)6/h10-12H,7-9,13H2,1-6H3. The van der Waals surface area contributed by atoms with Crippen LogP contribution in [0.2, 0.25) is 0 Å². The lowest BCUT2D eigenvalue weighted by Crippen LogP contribution is -2.38. The molecule has 0 aliphatic carbocycles. The first-order valence-electron chi connectivity index (χ1n) is 7.82. The number of amides is 1. The molecule has 0 saturated heterocycles. The second-order valence-electron chi connectivity index (χ2n) is 6.27. The van der Waals surface area contributed by atoms with Crippen LogP contribution in [-0.4, -0.2) is 35.4 Å². The molecule has 0 atom stereocenters. The van der Waals surface area contributed by atoms with Crippen molar-refractivity contribution in [2.24, 2.45) is 5.41 Å². The summed E-state index contributed by atoms with van der Waals surface area (Å²) in [4.78, 5) is 21.0. The normalized spacial score (nSPS) is 11.3. The van der Waals surface area contributed by atoms with Crippen molar-refractivity contribution in [1.82, 2.24) is 9.88 Å². The Morgan fingerprint density at radius 1 is 1.10 bits per heavy atom. The summed E-state index contributed by atoms with van der Waals surface area (Å²) in [6.07, 6.45) is 1.88. The zero-order valence-electron chi connectivity index (χ0n) is 14.3. The molecule has 1 aromatic rings. The summed E-state index contributed by atoms with van der Waals surface area (Å²) in [7, 11) is 0. The van der Waals surface area contributed by atoms with Gasteiger partial charge in [0.05, 0.1) is 0 Å². The van der Waals surface area contributed by atoms with Crippen LogP contribution >= 0.6 is 0 Å². The summed E-state index contributed by atoms with van der Waals surface area (Å²) in [5.41, 5.74) is 0.732. The van der Waals surface area contributed by atoms with Gasteiger partial charge < -0.3 is 9.80 Å². The van der Waals surface area contributed by atoms with Crippen LogP contribution in [0.4, 0.5) is 5.82 Å². The minimum Gasteiger partial charge on any atom is -0.357 e. The predicted molar refractivity (Wildman–Crippen MR) is 88.3 cm³/mol. The van der Waals surface area contributed by atoms with Crippen molar-refractivity contribution < 1.29 is 4.79 Å². The number of pyridine rings is 1. The van der Waals surface area contributed by atoms with E-state index in [1.54, 1.807) is 0 Å². The Hall–Kier alpha value is -1.58. The zero-order valence-corrected chi connectivity index (χ0v) is 14.3. The monoisotopic (exact) mass is 291 g/mol. The Balaban J connectivity index is 2.80. The summed E-state index contributed by atoms with van der Waals surface area (Å²) >= 11 is 0. The quantitative estimate of drug-likeness (QED) is 0.806. The van der Waals surface area contributed by atoms with Gasteiger partial charge in [-0.3, -0.25) is 4.79 Å². The minimum atomic E-state index is -0.343. The molecule has 0 aliphatic rings. The van der Waals surface area contributed by atoms with E-state index >= 15 is 0 Å². The first-order valence-corrected chi connectivity index (χ1v) is 7.82. The molecular weight excluding hydrogens is 262 g/mol. The molecule has 0 unspecified atom stereocenters. The van der Waals surface area contributed by atoms with E-state index in [9.17, 15) is 4.79 Å². The van der Waals surface area contributed by atoms with E-state index in [-0.39, 0.29) is 11.3 Å². The van der Waals surface area contributed by atoms with Gasteiger partial charge in [0.1, 0.15) is 5.82 Å². The molecule has 21 heavy (non-hydrogen) atoms. The highest BCUT2D eigenvalue weighted by Gasteiger charge is 2.26. The molecule has 1 aromatic heterocycles. The van der Waals surface area contributed by atoms with Crippen molar-refractivity contribution in [1.29, 1.82) is 0 Å². The number of hydrogen-bond acceptors (Lipinski definition) is 3. The number of carbonyl (C=O) groups is 1. The van der Waals surface area contributed by atoms with Gasteiger partial charge in [-0.15, -0.1) is 0 Å². The van der Waals surface area contributed by atoms with E-state index in [2.05, 4.69) is 29.8 Å². The minimum absolute atomic E-state index is 0.179. The third-order valence-corrected chi connectivity index (χ3v) is 3.58. The van der Waals surface area contributed by atoms with Gasteiger partial charge in [0.25, 0.3) is 0 Å². The molecule has 0 aliphatic heterocycles. The topological polar surface area (TPSA) is 36.4 Å². The van der Waals surface area contributed by atoms with Crippen molar-refractivity contribution in [2.45, 2.75) is 48.1 Å². The molecule has 0 N–H and O–H groups in total. The van der Waals surface area contributed by atoms with Crippen LogP contribution in [0.15, 0.2) is 18.3 Å². The van der Waals surface area contributed by atoms with E-state index < -0.39 is 0 Å². The summed E-state index contributed by atoms with van der Waals surface area (Å²) < 4.78 is 0. The highest BCUT2D eigenvalue weighted by atomic mass is 16.2. The molecule has 118 valence electrons. The molecule has 0 bridgehead atoms. The van der Waals surface area contributed by atoms with E-state index in [4.69, 9.17) is 0 Å². The number of nitrogens with zero attached hydrogens (tertiary/aromatic N) is 3. The molecule has 0 spiro atoms. The summed E-state index contributed by atoms with van der Waals surface area (Å²) in [5.74, 6) is 1.17. The smallest absolute Gasteiger partial charge is 0.228 e. The Bertz CT molecular complexity index is 444. The van der Waals surface area contributed by atoms with E-state index in [1.807, 2.05) is 44.9 Å². The summed E-state index contributed by atoms with van der Waals surface area (Å²) in [5, 5.41) is 0. The van der Waals surface area contributed by atoms with Crippen molar-refractivity contribution in [3.63, 3.8) is 0 Å². The lowest BCUT2D eigenvalue weighted by molar-refractivity contribution is -0.139. The summed E-state index contributed by atoms with van der Waals surface area (Å²) in [6, 6.07) is 4.11. The van der Waals surface area contributed by atoms with Crippen molar-refractivity contribution in [3.8, 4) is 0 Å². The van der Waals surface area contributed by atoms with Gasteiger partial charge in [0.15, 0.2) is 0 Å². The maximum atomic E-state index is 12.4. The van der Waals surface area contributed by atoms with Crippen LogP contribution in [0, 0.1) is 5.41 Å². The fourth-order valence-electron chi connectivity index (χ4n) is 2.27. The molecule has 0 fully saturated rings. The van der Waals surface area contributed by atoms with Crippen molar-refractivity contribution in [3.05, 3.63) is 23.9 Å². The molecule has 0 saturated carbocycles. The lowest BCUT2D eigenvalue weighted by Gasteiger charge is -2.28. The highest BCUT2D eigenvalue weighted by Crippen LogP contribution is 2.19. The first kappa shape index (κ1) is 17.5. The molecule has 1 heterocycles. The summed E-state index contributed by atoms with van der Waals surface area (Å²) in [6.45, 7) is 15.4. The molecule has 4 nitrogen and oxygen atoms in total. The number of hydrogen-bond donors (Lipinski definition) is 0. The average molecular weight is 291 g/mol. The zero-order chi connectivity index (χ0) is 16.0. The fraction of sp³-hybridized carbons (Fsp3) is 0.647. The largest absolute Gasteiger partial charge is 0.357 e. The van der Waals surface area contributed by atoms with Crippen molar-refractivity contribution in [2.75, 3.05) is 24.5 Å². The van der Waals surface area contributed by atoms with Crippen LogP contribution in [0.25, 0.3) is 0 Å². The highest BCUT2D eigenvalue weighted by molar-refractivity contribution is 5.81. The SMILES string of the molecule is CCN(Cc1ccc(N(CC)CC)nc1)C(=O)C(C)(C)C. The van der Waals surface area contributed by atoms with E-state index in [0.29, 0.717) is 13.1 Å². The van der Waals surface area contributed by atoms with Crippen LogP contribution < -0.4 is 4.90 Å². The predicted octanol–water partition coefficient (Wildman–Crippen LogP) is 3.32. The van der Waals surface area contributed by atoms with Crippen LogP contribution in [0.3, 0.4) is 0 Å². The third-order valence-electron chi connectivity index (χ3n) is 3.58. The number of rotatable bonds is 6. The first-order chi connectivity index (χ1) is 9.83. The van der Waals surface area contributed by atoms with Gasteiger partial charge in [-0.1, -0.05) is 26.8 Å². The van der Waals surface area contributed by atoms with Crippen LogP contribution in [-0.2, 0) is 11.3 Å². The average Bonchev–Trinajstić information content (AvgIpc) is 2.46. The fourth-order valence-corrected chi connectivity index (χ4v) is 2.27. The lowest BCUT2D eigenvalue weighted by atomic mass is 9.94. The Morgan fingerprint density at radius 2 is 1.71 bits per heavy atom. The third kappa shape index (κ3) is 4.73. The molecule has 0 aromatic carbocycles. The van der Waals surface area contributed by atoms with E-state index in [0.717, 1.165) is 24.5 Å². The van der Waals surface area contributed by atoms with Crippen LogP contribution in [0.5, 0.6) is 0 Å². The van der Waals surface area contributed by atoms with Crippen molar-refractivity contribution >= 4 is 11.7 Å². The molecular formula is C17H29N3O. The second kappa shape index (κ2) is 7.43. The van der Waals surface area contributed by atoms with Gasteiger partial charge in [0, 0.05) is 37.8 Å². The number of aromatic nitrogens is 1. The van der Waals surface area contributed by atoms with Gasteiger partial charge in [-0.2, -0.15) is 0 Å². The molecule has 1 amide bonds. The van der Waals surface area contributed by atoms with Gasteiger partial charge in [-0.25, -0.2) is 4.98 Å².